The lowest BCUT2D eigenvalue weighted by molar-refractivity contribution is 0.0733. The summed E-state index contributed by atoms with van der Waals surface area (Å²) in [5, 5.41) is 21.1. The minimum Gasteiger partial charge on any atom is -0.389 e. The number of amides is 2. The predicted octanol–water partition coefficient (Wildman–Crippen LogP) is 6.74. The maximum Gasteiger partial charge on any atom is 0.254 e. The van der Waals surface area contributed by atoms with Gasteiger partial charge in [0.1, 0.15) is 5.01 Å². The van der Waals surface area contributed by atoms with E-state index in [1.165, 1.54) is 5.56 Å². The first-order valence-corrected chi connectivity index (χ1v) is 16.6. The molecule has 1 aliphatic rings. The summed E-state index contributed by atoms with van der Waals surface area (Å²) in [5.74, 6) is -0.439. The summed E-state index contributed by atoms with van der Waals surface area (Å²) in [6.07, 6.45) is 0.884. The first kappa shape index (κ1) is 32.5. The number of hydrogen-bond acceptors (Lipinski definition) is 6. The monoisotopic (exact) mass is 624 g/mol. The second-order valence-corrected chi connectivity index (χ2v) is 13.9. The first-order valence-electron chi connectivity index (χ1n) is 15.7. The highest BCUT2D eigenvalue weighted by Crippen LogP contribution is 2.35. The summed E-state index contributed by atoms with van der Waals surface area (Å²) in [6, 6.07) is 24.1. The van der Waals surface area contributed by atoms with Crippen molar-refractivity contribution in [2.75, 3.05) is 6.54 Å². The number of benzene rings is 3. The molecule has 4 atom stereocenters. The highest BCUT2D eigenvalue weighted by molar-refractivity contribution is 7.09. The molecule has 5 rings (SSSR count). The lowest BCUT2D eigenvalue weighted by Crippen LogP contribution is -2.47. The average Bonchev–Trinajstić information content (AvgIpc) is 3.70. The van der Waals surface area contributed by atoms with Crippen molar-refractivity contribution in [3.8, 4) is 0 Å². The second-order valence-electron chi connectivity index (χ2n) is 13.0. The number of carbonyl (C=O) groups is 2. The van der Waals surface area contributed by atoms with Gasteiger partial charge in [-0.3, -0.25) is 9.59 Å². The smallest absolute Gasteiger partial charge is 0.254 e. The van der Waals surface area contributed by atoms with Crippen LogP contribution < -0.4 is 10.6 Å². The van der Waals surface area contributed by atoms with E-state index in [9.17, 15) is 14.7 Å². The molecular weight excluding hydrogens is 580 g/mol. The molecule has 7 nitrogen and oxygen atoms in total. The van der Waals surface area contributed by atoms with Gasteiger partial charge >= 0.3 is 0 Å². The fraction of sp³-hybridized carbons (Fsp3) is 0.378. The fourth-order valence-electron chi connectivity index (χ4n) is 5.89. The van der Waals surface area contributed by atoms with Gasteiger partial charge in [-0.15, -0.1) is 11.3 Å². The fourth-order valence-corrected chi connectivity index (χ4v) is 6.83. The van der Waals surface area contributed by atoms with E-state index in [1.807, 2.05) is 47.5 Å². The third-order valence-corrected chi connectivity index (χ3v) is 9.56. The summed E-state index contributed by atoms with van der Waals surface area (Å²) in [4.78, 5) is 33.5. The molecule has 0 aliphatic carbocycles. The van der Waals surface area contributed by atoms with Crippen LogP contribution in [0.4, 0.5) is 0 Å². The van der Waals surface area contributed by atoms with Gasteiger partial charge in [-0.2, -0.15) is 0 Å². The van der Waals surface area contributed by atoms with E-state index in [0.29, 0.717) is 24.2 Å². The third kappa shape index (κ3) is 7.87. The Morgan fingerprint density at radius 1 is 1.02 bits per heavy atom. The van der Waals surface area contributed by atoms with Crippen LogP contribution in [0.15, 0.2) is 84.2 Å². The zero-order valence-electron chi connectivity index (χ0n) is 26.8. The Labute approximate surface area is 270 Å². The zero-order chi connectivity index (χ0) is 32.1. The quantitative estimate of drug-likeness (QED) is 0.182. The van der Waals surface area contributed by atoms with Gasteiger partial charge in [0.05, 0.1) is 24.2 Å². The van der Waals surface area contributed by atoms with E-state index in [-0.39, 0.29) is 23.3 Å². The van der Waals surface area contributed by atoms with E-state index in [0.717, 1.165) is 34.7 Å². The van der Waals surface area contributed by atoms with Gasteiger partial charge in [0.15, 0.2) is 0 Å². The Morgan fingerprint density at radius 2 is 1.76 bits per heavy atom. The molecule has 1 aromatic heterocycles. The van der Waals surface area contributed by atoms with E-state index in [1.54, 1.807) is 42.5 Å². The molecule has 4 aromatic rings. The number of likely N-dealkylation sites (tertiary alicyclic amines) is 1. The van der Waals surface area contributed by atoms with Crippen molar-refractivity contribution in [1.82, 2.24) is 20.5 Å². The van der Waals surface area contributed by atoms with Crippen LogP contribution in [0, 0.1) is 6.92 Å². The number of aromatic nitrogens is 1. The second kappa shape index (κ2) is 14.1. The van der Waals surface area contributed by atoms with E-state index in [2.05, 4.69) is 60.7 Å². The molecule has 3 aromatic carbocycles. The molecule has 8 heteroatoms. The van der Waals surface area contributed by atoms with Gasteiger partial charge < -0.3 is 20.6 Å². The Bertz CT molecular complexity index is 1610. The van der Waals surface area contributed by atoms with Crippen LogP contribution in [0.5, 0.6) is 0 Å². The molecule has 0 bridgehead atoms. The molecule has 236 valence electrons. The van der Waals surface area contributed by atoms with Crippen molar-refractivity contribution < 1.29 is 14.7 Å². The molecule has 2 heterocycles. The molecule has 3 N–H and O–H groups in total. The molecular formula is C37H44N4O3S. The Kier molecular flexibility index (Phi) is 10.2. The van der Waals surface area contributed by atoms with Crippen LogP contribution >= 0.6 is 11.3 Å². The number of aliphatic hydroxyl groups excluding tert-OH is 1. The number of aryl methyl sites for hydroxylation is 1. The topological polar surface area (TPSA) is 94.6 Å². The van der Waals surface area contributed by atoms with E-state index >= 15 is 0 Å². The van der Waals surface area contributed by atoms with Gasteiger partial charge in [0, 0.05) is 35.3 Å². The van der Waals surface area contributed by atoms with Crippen LogP contribution in [0.3, 0.4) is 0 Å². The van der Waals surface area contributed by atoms with Gasteiger partial charge in [-0.05, 0) is 67.0 Å². The van der Waals surface area contributed by atoms with Crippen LogP contribution in [-0.2, 0) is 12.0 Å². The Balaban J connectivity index is 1.28. The number of nitrogens with one attached hydrogen (secondary N) is 2. The predicted molar refractivity (Wildman–Crippen MR) is 180 cm³/mol. The largest absolute Gasteiger partial charge is 0.389 e. The number of thiazole rings is 1. The third-order valence-electron chi connectivity index (χ3n) is 8.50. The number of carbonyl (C=O) groups excluding carboxylic acids is 2. The summed E-state index contributed by atoms with van der Waals surface area (Å²) in [6.45, 7) is 11.6. The number of nitrogens with zero attached hydrogens (tertiary/aromatic N) is 2. The Hall–Kier alpha value is -3.85. The molecule has 2 amide bonds. The van der Waals surface area contributed by atoms with E-state index in [4.69, 9.17) is 0 Å². The SMILES string of the molecule is Cc1csc(C2CCCN2C(=O)c2cccc(C(=O)NC(C)C(O)C(NCc3cccc(C(C)(C)C)c3)c3ccccc3)c2)n1. The molecule has 1 saturated heterocycles. The summed E-state index contributed by atoms with van der Waals surface area (Å²) < 4.78 is 0. The summed E-state index contributed by atoms with van der Waals surface area (Å²) >= 11 is 1.59. The first-order chi connectivity index (χ1) is 21.5. The maximum absolute atomic E-state index is 13.6. The number of hydrogen-bond donors (Lipinski definition) is 3. The van der Waals surface area contributed by atoms with Crippen molar-refractivity contribution >= 4 is 23.2 Å². The minimum atomic E-state index is -0.918. The maximum atomic E-state index is 13.6. The molecule has 4 unspecified atom stereocenters. The van der Waals surface area contributed by atoms with Crippen molar-refractivity contribution in [3.63, 3.8) is 0 Å². The van der Waals surface area contributed by atoms with Crippen molar-refractivity contribution in [1.29, 1.82) is 0 Å². The lowest BCUT2D eigenvalue weighted by Gasteiger charge is -2.30. The standard InChI is InChI=1S/C37H44N4O3S/c1-24-23-45-35(39-24)31-18-11-19-41(31)36(44)29-16-10-15-28(21-29)34(43)40-25(2)33(42)32(27-13-7-6-8-14-27)38-22-26-12-9-17-30(20-26)37(3,4)5/h6-10,12-17,20-21,23,25,31-33,38,42H,11,18-19,22H2,1-5H3,(H,40,43). The van der Waals surface area contributed by atoms with Crippen LogP contribution in [0.25, 0.3) is 0 Å². The van der Waals surface area contributed by atoms with Crippen LogP contribution in [0.2, 0.25) is 0 Å². The Morgan fingerprint density at radius 3 is 2.47 bits per heavy atom. The van der Waals surface area contributed by atoms with Gasteiger partial charge in [-0.25, -0.2) is 4.98 Å². The van der Waals surface area contributed by atoms with Gasteiger partial charge in [-0.1, -0.05) is 81.4 Å². The zero-order valence-corrected chi connectivity index (χ0v) is 27.6. The van der Waals surface area contributed by atoms with Crippen LogP contribution in [-0.4, -0.2) is 45.5 Å². The molecule has 1 aliphatic heterocycles. The molecule has 1 fully saturated rings. The van der Waals surface area contributed by atoms with Crippen molar-refractivity contribution in [3.05, 3.63) is 123 Å². The number of rotatable bonds is 10. The summed E-state index contributed by atoms with van der Waals surface area (Å²) in [7, 11) is 0. The van der Waals surface area contributed by atoms with Gasteiger partial charge in [0.2, 0.25) is 0 Å². The molecule has 0 radical (unpaired) electrons. The average molecular weight is 625 g/mol. The van der Waals surface area contributed by atoms with Crippen molar-refractivity contribution in [2.24, 2.45) is 0 Å². The highest BCUT2D eigenvalue weighted by Gasteiger charge is 2.33. The highest BCUT2D eigenvalue weighted by atomic mass is 32.1. The molecule has 0 spiro atoms. The van der Waals surface area contributed by atoms with Gasteiger partial charge in [0.25, 0.3) is 11.8 Å². The molecule has 45 heavy (non-hydrogen) atoms. The number of aliphatic hydroxyl groups is 1. The van der Waals surface area contributed by atoms with Crippen LogP contribution in [0.1, 0.15) is 101 Å². The lowest BCUT2D eigenvalue weighted by atomic mass is 9.86. The van der Waals surface area contributed by atoms with E-state index < -0.39 is 18.2 Å². The minimum absolute atomic E-state index is 0.0334. The molecule has 0 saturated carbocycles. The normalized spacial score (nSPS) is 17.1. The summed E-state index contributed by atoms with van der Waals surface area (Å²) in [5.41, 5.74) is 5.15. The van der Waals surface area contributed by atoms with Crippen molar-refractivity contribution in [2.45, 2.75) is 83.6 Å².